The molecule has 238 valence electrons. The highest BCUT2D eigenvalue weighted by Gasteiger charge is 2.26. The normalized spacial score (nSPS) is 15.3. The molecule has 2 fully saturated rings. The number of hydrogen-bond donors (Lipinski definition) is 2. The van der Waals surface area contributed by atoms with Crippen molar-refractivity contribution in [3.63, 3.8) is 0 Å². The Hall–Kier alpha value is -4.64. The van der Waals surface area contributed by atoms with Crippen molar-refractivity contribution >= 4 is 23.7 Å². The van der Waals surface area contributed by atoms with Crippen molar-refractivity contribution in [2.24, 2.45) is 0 Å². The molecule has 0 radical (unpaired) electrons. The Morgan fingerprint density at radius 2 is 1.31 bits per heavy atom. The molecular weight excluding hydrogens is 582 g/mol. The number of aliphatic carboxylic acids is 2. The van der Waals surface area contributed by atoms with E-state index < -0.39 is 11.9 Å². The van der Waals surface area contributed by atoms with Crippen molar-refractivity contribution in [2.75, 3.05) is 50.7 Å². The van der Waals surface area contributed by atoms with Crippen LogP contribution in [0.5, 0.6) is 0 Å². The van der Waals surface area contributed by atoms with E-state index in [1.807, 2.05) is 41.3 Å². The summed E-state index contributed by atoms with van der Waals surface area (Å²) in [6.45, 7) is 6.09. The average Bonchev–Trinajstić information content (AvgIpc) is 3.59. The zero-order valence-corrected chi connectivity index (χ0v) is 25.0. The summed E-state index contributed by atoms with van der Waals surface area (Å²) in [6, 6.07) is 17.0. The van der Waals surface area contributed by atoms with Crippen LogP contribution < -0.4 is 4.90 Å². The third-order valence-corrected chi connectivity index (χ3v) is 7.96. The molecule has 11 heteroatoms. The van der Waals surface area contributed by atoms with Gasteiger partial charge in [0, 0.05) is 63.5 Å². The summed E-state index contributed by atoms with van der Waals surface area (Å²) in [5.74, 6) is -2.03. The Morgan fingerprint density at radius 3 is 1.82 bits per heavy atom. The molecule has 5 rings (SSSR count). The van der Waals surface area contributed by atoms with E-state index >= 15 is 0 Å². The summed E-state index contributed by atoms with van der Waals surface area (Å²) in [7, 11) is 0. The zero-order valence-electron chi connectivity index (χ0n) is 25.0. The minimum Gasteiger partial charge on any atom is -0.478 e. The smallest absolute Gasteiger partial charge is 0.328 e. The lowest BCUT2D eigenvalue weighted by atomic mass is 9.87. The number of likely N-dealkylation sites (tertiary alicyclic amines) is 1. The molecule has 2 aromatic carbocycles. The number of pyridine rings is 1. The Bertz CT molecular complexity index is 1390. The quantitative estimate of drug-likeness (QED) is 0.303. The summed E-state index contributed by atoms with van der Waals surface area (Å²) in [5, 5.41) is 15.6. The van der Waals surface area contributed by atoms with Gasteiger partial charge in [-0.2, -0.15) is 0 Å². The van der Waals surface area contributed by atoms with E-state index in [1.165, 1.54) is 24.3 Å². The number of carboxylic acids is 2. The zero-order chi connectivity index (χ0) is 32.2. The van der Waals surface area contributed by atoms with Gasteiger partial charge in [-0.05, 0) is 79.8 Å². The van der Waals surface area contributed by atoms with E-state index in [0.717, 1.165) is 88.4 Å². The number of rotatable bonds is 10. The van der Waals surface area contributed by atoms with Crippen molar-refractivity contribution in [3.05, 3.63) is 107 Å². The molecule has 1 amide bonds. The van der Waals surface area contributed by atoms with Crippen LogP contribution in [0.1, 0.15) is 53.1 Å². The Kier molecular flexibility index (Phi) is 12.1. The van der Waals surface area contributed by atoms with Gasteiger partial charge in [-0.1, -0.05) is 24.3 Å². The second-order valence-corrected chi connectivity index (χ2v) is 11.0. The van der Waals surface area contributed by atoms with E-state index in [4.69, 9.17) is 10.2 Å². The number of anilines is 1. The van der Waals surface area contributed by atoms with Crippen molar-refractivity contribution in [2.45, 2.75) is 31.6 Å². The maximum atomic E-state index is 13.5. The van der Waals surface area contributed by atoms with Crippen molar-refractivity contribution in [1.29, 1.82) is 0 Å². The van der Waals surface area contributed by atoms with E-state index in [1.54, 1.807) is 6.20 Å². The maximum Gasteiger partial charge on any atom is 0.328 e. The minimum absolute atomic E-state index is 0.0927. The average molecular weight is 621 g/mol. The highest BCUT2D eigenvalue weighted by Crippen LogP contribution is 2.30. The molecule has 1 aromatic heterocycles. The standard InChI is InChI=1S/C30H34F2N4O.C4H4O4/c31-25-11-7-23(8-12-25)27(24-9-13-26(32)14-10-24)6-4-16-34-19-21-35(22-20-34)29-28(5-3-15-33-29)30(37)36-17-1-2-18-36;5-3(6)1-2-4(7)8/h3,5,7-15,27H,1-2,4,6,16-22H2;1-2H,(H,5,6)(H,7,8)/b;2-1+. The number of nitrogens with zero attached hydrogens (tertiary/aromatic N) is 4. The number of aromatic nitrogens is 1. The van der Waals surface area contributed by atoms with Crippen LogP contribution in [-0.2, 0) is 9.59 Å². The molecule has 45 heavy (non-hydrogen) atoms. The van der Waals surface area contributed by atoms with Crippen molar-refractivity contribution in [1.82, 2.24) is 14.8 Å². The fourth-order valence-corrected chi connectivity index (χ4v) is 5.67. The molecule has 0 atom stereocenters. The number of carbonyl (C=O) groups excluding carboxylic acids is 1. The maximum absolute atomic E-state index is 13.5. The Balaban J connectivity index is 0.000000510. The van der Waals surface area contributed by atoms with Gasteiger partial charge in [0.15, 0.2) is 0 Å². The molecule has 0 saturated carbocycles. The third kappa shape index (κ3) is 9.94. The molecule has 0 aliphatic carbocycles. The molecular formula is C34H38F2N4O5. The summed E-state index contributed by atoms with van der Waals surface area (Å²) in [4.78, 5) is 43.4. The highest BCUT2D eigenvalue weighted by atomic mass is 19.1. The van der Waals surface area contributed by atoms with Gasteiger partial charge in [0.05, 0.1) is 5.56 Å². The van der Waals surface area contributed by atoms with Crippen LogP contribution in [0.25, 0.3) is 0 Å². The van der Waals surface area contributed by atoms with E-state index in [2.05, 4.69) is 14.8 Å². The molecule has 0 spiro atoms. The van der Waals surface area contributed by atoms with Gasteiger partial charge in [-0.15, -0.1) is 0 Å². The lowest BCUT2D eigenvalue weighted by Gasteiger charge is -2.36. The predicted molar refractivity (Wildman–Crippen MR) is 166 cm³/mol. The first-order valence-electron chi connectivity index (χ1n) is 15.1. The lowest BCUT2D eigenvalue weighted by Crippen LogP contribution is -2.47. The van der Waals surface area contributed by atoms with Crippen LogP contribution in [0.4, 0.5) is 14.6 Å². The number of halogens is 2. The fraction of sp³-hybridized carbons (Fsp3) is 0.353. The van der Waals surface area contributed by atoms with Gasteiger partial charge in [-0.25, -0.2) is 23.4 Å². The summed E-state index contributed by atoms with van der Waals surface area (Å²) < 4.78 is 27.0. The predicted octanol–water partition coefficient (Wildman–Crippen LogP) is 5.04. The molecule has 2 aliphatic rings. The minimum atomic E-state index is -1.26. The molecule has 9 nitrogen and oxygen atoms in total. The number of amides is 1. The molecule has 3 heterocycles. The topological polar surface area (TPSA) is 114 Å². The number of carbonyl (C=O) groups is 3. The Labute approximate surface area is 261 Å². The summed E-state index contributed by atoms with van der Waals surface area (Å²) in [6.07, 6.45) is 6.90. The highest BCUT2D eigenvalue weighted by molar-refractivity contribution is 5.99. The van der Waals surface area contributed by atoms with Gasteiger partial charge < -0.3 is 20.0 Å². The number of benzene rings is 2. The van der Waals surface area contributed by atoms with Gasteiger partial charge in [0.1, 0.15) is 17.5 Å². The van der Waals surface area contributed by atoms with Crippen LogP contribution in [0.2, 0.25) is 0 Å². The molecule has 2 N–H and O–H groups in total. The molecule has 2 aliphatic heterocycles. The van der Waals surface area contributed by atoms with E-state index in [-0.39, 0.29) is 23.5 Å². The van der Waals surface area contributed by atoms with Gasteiger partial charge in [-0.3, -0.25) is 9.69 Å². The van der Waals surface area contributed by atoms with Crippen LogP contribution in [0.3, 0.4) is 0 Å². The van der Waals surface area contributed by atoms with E-state index in [9.17, 15) is 23.2 Å². The van der Waals surface area contributed by atoms with Gasteiger partial charge in [0.25, 0.3) is 5.91 Å². The Morgan fingerprint density at radius 1 is 0.778 bits per heavy atom. The van der Waals surface area contributed by atoms with Crippen LogP contribution in [0, 0.1) is 11.6 Å². The molecule has 0 unspecified atom stereocenters. The van der Waals surface area contributed by atoms with Crippen LogP contribution in [0.15, 0.2) is 79.0 Å². The van der Waals surface area contributed by atoms with E-state index in [0.29, 0.717) is 17.7 Å². The monoisotopic (exact) mass is 620 g/mol. The van der Waals surface area contributed by atoms with Crippen molar-refractivity contribution < 1.29 is 33.4 Å². The molecule has 3 aromatic rings. The van der Waals surface area contributed by atoms with Crippen molar-refractivity contribution in [3.8, 4) is 0 Å². The first-order valence-corrected chi connectivity index (χ1v) is 15.1. The fourth-order valence-electron chi connectivity index (χ4n) is 5.67. The first-order chi connectivity index (χ1) is 21.7. The summed E-state index contributed by atoms with van der Waals surface area (Å²) >= 11 is 0. The largest absolute Gasteiger partial charge is 0.478 e. The SMILES string of the molecule is O=C(O)/C=C/C(=O)O.O=C(c1cccnc1N1CCN(CCCC(c2ccc(F)cc2)c2ccc(F)cc2)CC1)N1CCCC1. The van der Waals surface area contributed by atoms with Crippen LogP contribution in [-0.4, -0.2) is 88.7 Å². The van der Waals surface area contributed by atoms with Gasteiger partial charge >= 0.3 is 11.9 Å². The van der Waals surface area contributed by atoms with Gasteiger partial charge in [0.2, 0.25) is 0 Å². The van der Waals surface area contributed by atoms with Crippen LogP contribution >= 0.6 is 0 Å². The summed E-state index contributed by atoms with van der Waals surface area (Å²) in [5.41, 5.74) is 2.80. The number of hydrogen-bond acceptors (Lipinski definition) is 6. The third-order valence-electron chi connectivity index (χ3n) is 7.96. The molecule has 0 bridgehead atoms. The molecule has 2 saturated heterocycles. The first kappa shape index (κ1) is 33.3. The number of carboxylic acid groups (broad SMARTS) is 2. The lowest BCUT2D eigenvalue weighted by molar-refractivity contribution is -0.134. The second-order valence-electron chi connectivity index (χ2n) is 11.0. The second kappa shape index (κ2) is 16.4. The number of piperazine rings is 1.